The molecule has 0 saturated heterocycles. The monoisotopic (exact) mass is 623 g/mol. The Morgan fingerprint density at radius 3 is 2.46 bits per heavy atom. The van der Waals surface area contributed by atoms with E-state index in [-0.39, 0.29) is 6.04 Å². The second kappa shape index (κ2) is 12.0. The van der Waals surface area contributed by atoms with Crippen molar-refractivity contribution in [1.29, 1.82) is 0 Å². The van der Waals surface area contributed by atoms with Gasteiger partial charge in [0.25, 0.3) is 0 Å². The number of benzene rings is 3. The molecule has 48 heavy (non-hydrogen) atoms. The van der Waals surface area contributed by atoms with E-state index in [0.29, 0.717) is 11.8 Å². The number of aromatic nitrogens is 1. The van der Waals surface area contributed by atoms with Crippen LogP contribution < -0.4 is 0 Å². The third-order valence-electron chi connectivity index (χ3n) is 10.2. The van der Waals surface area contributed by atoms with Gasteiger partial charge < -0.3 is 4.42 Å². The van der Waals surface area contributed by atoms with Crippen LogP contribution in [0.4, 0.5) is 0 Å². The highest BCUT2D eigenvalue weighted by Crippen LogP contribution is 2.41. The first kappa shape index (κ1) is 28.8. The van der Waals surface area contributed by atoms with Crippen LogP contribution in [0.5, 0.6) is 0 Å². The first-order valence-corrected chi connectivity index (χ1v) is 17.3. The largest absolute Gasteiger partial charge is 0.455 e. The van der Waals surface area contributed by atoms with Gasteiger partial charge in [-0.2, -0.15) is 0 Å². The molecule has 0 N–H and O–H groups in total. The molecule has 2 aromatic heterocycles. The molecule has 0 bridgehead atoms. The van der Waals surface area contributed by atoms with E-state index < -0.39 is 0 Å². The quantitative estimate of drug-likeness (QED) is 0.196. The first-order valence-electron chi connectivity index (χ1n) is 17.3. The van der Waals surface area contributed by atoms with Crippen molar-refractivity contribution in [2.75, 3.05) is 0 Å². The molecule has 3 aliphatic carbocycles. The van der Waals surface area contributed by atoms with Crippen molar-refractivity contribution in [3.63, 3.8) is 0 Å². The van der Waals surface area contributed by atoms with Gasteiger partial charge in [0.2, 0.25) is 0 Å². The average molecular weight is 624 g/mol. The molecule has 234 valence electrons. The molecule has 0 amide bonds. The van der Waals surface area contributed by atoms with E-state index in [1.54, 1.807) is 0 Å². The highest BCUT2D eigenvalue weighted by Gasteiger charge is 2.27. The molecular weight excluding hydrogens is 587 g/mol. The molecule has 0 radical (unpaired) electrons. The summed E-state index contributed by atoms with van der Waals surface area (Å²) in [6.07, 6.45) is 25.3. The van der Waals surface area contributed by atoms with Crippen LogP contribution in [-0.2, 0) is 0 Å². The van der Waals surface area contributed by atoms with E-state index in [0.717, 1.165) is 87.8 Å². The summed E-state index contributed by atoms with van der Waals surface area (Å²) in [6.45, 7) is 2.26. The van der Waals surface area contributed by atoms with E-state index in [4.69, 9.17) is 19.4 Å². The lowest BCUT2D eigenvalue weighted by atomic mass is 9.85. The minimum absolute atomic E-state index is 0.180. The zero-order valence-electron chi connectivity index (χ0n) is 27.1. The van der Waals surface area contributed by atoms with Gasteiger partial charge in [0.1, 0.15) is 11.2 Å². The van der Waals surface area contributed by atoms with Crippen molar-refractivity contribution in [2.45, 2.75) is 45.1 Å². The Hall–Kier alpha value is -5.35. The standard InChI is InChI=1S/C44H37N3O/c1-28-18-20-31(21-19-28)39-27-38(30-10-3-2-4-11-30)46-44(47-39)32-24-22-29(23-25-32)33-12-9-13-34(26-33)42-41-36-15-6-8-17-40(36)48-43(41)35-14-5-7-16-37(35)45-42/h2-8,10,12,14-18,20-26,28,30,38H,9,11,13,19,27H2,1H3. The smallest absolute Gasteiger partial charge is 0.155 e. The minimum atomic E-state index is 0.180. The maximum atomic E-state index is 6.46. The Morgan fingerprint density at radius 1 is 0.792 bits per heavy atom. The predicted octanol–water partition coefficient (Wildman–Crippen LogP) is 11.0. The van der Waals surface area contributed by atoms with E-state index in [9.17, 15) is 0 Å². The molecule has 3 heterocycles. The summed E-state index contributed by atoms with van der Waals surface area (Å²) >= 11 is 0. The molecule has 3 unspecified atom stereocenters. The number of pyridine rings is 1. The molecule has 5 aromatic rings. The van der Waals surface area contributed by atoms with E-state index in [1.165, 1.54) is 22.3 Å². The summed E-state index contributed by atoms with van der Waals surface area (Å²) in [7, 11) is 0. The summed E-state index contributed by atoms with van der Waals surface area (Å²) in [5.41, 5.74) is 10.9. The van der Waals surface area contributed by atoms with Crippen LogP contribution in [0.25, 0.3) is 44.0 Å². The van der Waals surface area contributed by atoms with Gasteiger partial charge in [-0.1, -0.05) is 110 Å². The molecule has 9 rings (SSSR count). The number of furan rings is 1. The van der Waals surface area contributed by atoms with Gasteiger partial charge in [-0.25, -0.2) is 9.98 Å². The normalized spacial score (nSPS) is 22.4. The Bertz CT molecular complexity index is 2340. The van der Waals surface area contributed by atoms with Crippen molar-refractivity contribution in [3.05, 3.63) is 150 Å². The number of amidine groups is 1. The number of para-hydroxylation sites is 2. The average Bonchev–Trinajstić information content (AvgIpc) is 3.55. The third-order valence-corrected chi connectivity index (χ3v) is 10.2. The Balaban J connectivity index is 1.07. The summed E-state index contributed by atoms with van der Waals surface area (Å²) in [5, 5.41) is 3.27. The van der Waals surface area contributed by atoms with Crippen LogP contribution in [0.2, 0.25) is 0 Å². The molecule has 0 saturated carbocycles. The fourth-order valence-corrected chi connectivity index (χ4v) is 7.54. The SMILES string of the molecule is CC1C=CC(C2=NC(c3ccc(C4=CCCC(c5nc6ccccc6c6oc7ccccc7c56)=C4)cc3)=NC(C3C=CC=CC3)C2)=CC1. The second-order valence-corrected chi connectivity index (χ2v) is 13.5. The number of aliphatic imine (C=N–C) groups is 2. The Morgan fingerprint density at radius 2 is 1.62 bits per heavy atom. The fraction of sp³-hybridized carbons (Fsp3) is 0.205. The lowest BCUT2D eigenvalue weighted by Gasteiger charge is -2.27. The first-order chi connectivity index (χ1) is 23.7. The summed E-state index contributed by atoms with van der Waals surface area (Å²) < 4.78 is 6.46. The fourth-order valence-electron chi connectivity index (χ4n) is 7.54. The van der Waals surface area contributed by atoms with Crippen LogP contribution in [0.15, 0.2) is 147 Å². The lowest BCUT2D eigenvalue weighted by Crippen LogP contribution is -2.28. The maximum absolute atomic E-state index is 6.46. The van der Waals surface area contributed by atoms with Gasteiger partial charge in [0, 0.05) is 28.7 Å². The number of hydrogen-bond acceptors (Lipinski definition) is 4. The van der Waals surface area contributed by atoms with Crippen molar-refractivity contribution >= 4 is 55.5 Å². The van der Waals surface area contributed by atoms with Gasteiger partial charge >= 0.3 is 0 Å². The Kier molecular flexibility index (Phi) is 7.23. The molecule has 4 heteroatoms. The maximum Gasteiger partial charge on any atom is 0.155 e. The zero-order valence-corrected chi connectivity index (χ0v) is 27.1. The van der Waals surface area contributed by atoms with Crippen LogP contribution >= 0.6 is 0 Å². The molecule has 0 fully saturated rings. The van der Waals surface area contributed by atoms with Crippen LogP contribution in [-0.4, -0.2) is 22.6 Å². The minimum Gasteiger partial charge on any atom is -0.455 e. The van der Waals surface area contributed by atoms with Crippen molar-refractivity contribution in [1.82, 2.24) is 4.98 Å². The van der Waals surface area contributed by atoms with Crippen LogP contribution in [0, 0.1) is 11.8 Å². The van der Waals surface area contributed by atoms with E-state index in [1.807, 2.05) is 18.2 Å². The highest BCUT2D eigenvalue weighted by molar-refractivity contribution is 6.18. The topological polar surface area (TPSA) is 50.8 Å². The van der Waals surface area contributed by atoms with Gasteiger partial charge in [-0.05, 0) is 78.2 Å². The van der Waals surface area contributed by atoms with Crippen LogP contribution in [0.3, 0.4) is 0 Å². The third kappa shape index (κ3) is 5.22. The lowest BCUT2D eigenvalue weighted by molar-refractivity contribution is 0.514. The molecule has 3 atom stereocenters. The van der Waals surface area contributed by atoms with Gasteiger partial charge in [-0.15, -0.1) is 0 Å². The van der Waals surface area contributed by atoms with Gasteiger partial charge in [-0.3, -0.25) is 4.99 Å². The number of rotatable bonds is 5. The molecule has 0 spiro atoms. The molecule has 1 aliphatic heterocycles. The van der Waals surface area contributed by atoms with E-state index >= 15 is 0 Å². The number of hydrogen-bond donors (Lipinski definition) is 0. The predicted molar refractivity (Wildman–Crippen MR) is 200 cm³/mol. The second-order valence-electron chi connectivity index (χ2n) is 13.5. The summed E-state index contributed by atoms with van der Waals surface area (Å²) in [5.74, 6) is 1.80. The van der Waals surface area contributed by atoms with Gasteiger partial charge in [0.05, 0.1) is 28.4 Å². The number of nitrogens with zero attached hydrogens (tertiary/aromatic N) is 3. The van der Waals surface area contributed by atoms with E-state index in [2.05, 4.69) is 116 Å². The van der Waals surface area contributed by atoms with Crippen molar-refractivity contribution in [2.24, 2.45) is 21.8 Å². The number of fused-ring (bicyclic) bond motifs is 5. The zero-order chi connectivity index (χ0) is 32.0. The van der Waals surface area contributed by atoms with Gasteiger partial charge in [0.15, 0.2) is 5.84 Å². The molecule has 4 nitrogen and oxygen atoms in total. The highest BCUT2D eigenvalue weighted by atomic mass is 16.3. The molecular formula is C44H37N3O. The molecule has 3 aromatic carbocycles. The molecule has 4 aliphatic rings. The summed E-state index contributed by atoms with van der Waals surface area (Å²) in [6, 6.07) is 25.6. The summed E-state index contributed by atoms with van der Waals surface area (Å²) in [4.78, 5) is 15.7. The Labute approximate surface area is 281 Å². The number of allylic oxidation sites excluding steroid dienone is 11. The van der Waals surface area contributed by atoms with Crippen molar-refractivity contribution < 1.29 is 4.42 Å². The van der Waals surface area contributed by atoms with Crippen LogP contribution in [0.1, 0.15) is 55.8 Å². The van der Waals surface area contributed by atoms with Crippen molar-refractivity contribution in [3.8, 4) is 0 Å².